The van der Waals surface area contributed by atoms with Crippen LogP contribution in [0, 0.1) is 6.92 Å². The van der Waals surface area contributed by atoms with Crippen LogP contribution in [0.25, 0.3) is 0 Å². The van der Waals surface area contributed by atoms with Crippen LogP contribution in [0.2, 0.25) is 5.02 Å². The standard InChI is InChI=1S/C20H25ClN2O3/c1-5-26-18-10-9-15(11-19(18)25-4)12-23(3)13-20(24)22-17-8-6-7-16(21)14(17)2/h6-11H,5,12-13H2,1-4H3,(H,22,24). The molecule has 1 amide bonds. The van der Waals surface area contributed by atoms with Crippen LogP contribution >= 0.6 is 11.6 Å². The Balaban J connectivity index is 1.96. The zero-order valence-corrected chi connectivity index (χ0v) is 16.4. The number of likely N-dealkylation sites (N-methyl/N-ethyl adjacent to an activating group) is 1. The van der Waals surface area contributed by atoms with Crippen LogP contribution in [0.5, 0.6) is 11.5 Å². The summed E-state index contributed by atoms with van der Waals surface area (Å²) >= 11 is 6.09. The number of benzene rings is 2. The molecule has 0 aliphatic carbocycles. The first-order valence-electron chi connectivity index (χ1n) is 8.47. The van der Waals surface area contributed by atoms with Crippen LogP contribution in [0.4, 0.5) is 5.69 Å². The number of amides is 1. The van der Waals surface area contributed by atoms with E-state index in [2.05, 4.69) is 5.32 Å². The van der Waals surface area contributed by atoms with Gasteiger partial charge in [-0.25, -0.2) is 0 Å². The Morgan fingerprint density at radius 2 is 2.00 bits per heavy atom. The summed E-state index contributed by atoms with van der Waals surface area (Å²) in [4.78, 5) is 14.2. The second kappa shape index (κ2) is 9.46. The largest absolute Gasteiger partial charge is 0.493 e. The fourth-order valence-corrected chi connectivity index (χ4v) is 2.80. The van der Waals surface area contributed by atoms with Crippen molar-refractivity contribution in [1.82, 2.24) is 4.90 Å². The van der Waals surface area contributed by atoms with E-state index in [-0.39, 0.29) is 12.5 Å². The summed E-state index contributed by atoms with van der Waals surface area (Å²) in [5.74, 6) is 1.32. The normalized spacial score (nSPS) is 10.7. The number of methoxy groups -OCH3 is 1. The lowest BCUT2D eigenvalue weighted by Gasteiger charge is -2.18. The number of anilines is 1. The summed E-state index contributed by atoms with van der Waals surface area (Å²) in [6.45, 7) is 5.28. The maximum atomic E-state index is 12.3. The molecular formula is C20H25ClN2O3. The number of carbonyl (C=O) groups excluding carboxylic acids is 1. The summed E-state index contributed by atoms with van der Waals surface area (Å²) in [5.41, 5.74) is 2.64. The highest BCUT2D eigenvalue weighted by Gasteiger charge is 2.11. The zero-order chi connectivity index (χ0) is 19.1. The second-order valence-corrected chi connectivity index (χ2v) is 6.46. The fourth-order valence-electron chi connectivity index (χ4n) is 2.63. The number of halogens is 1. The highest BCUT2D eigenvalue weighted by atomic mass is 35.5. The van der Waals surface area contributed by atoms with E-state index in [1.165, 1.54) is 0 Å². The van der Waals surface area contributed by atoms with E-state index in [4.69, 9.17) is 21.1 Å². The molecule has 0 saturated carbocycles. The van der Waals surface area contributed by atoms with Crippen LogP contribution in [0.15, 0.2) is 36.4 Å². The molecule has 0 aliphatic rings. The quantitative estimate of drug-likeness (QED) is 0.752. The fraction of sp³-hybridized carbons (Fsp3) is 0.350. The molecular weight excluding hydrogens is 352 g/mol. The van der Waals surface area contributed by atoms with Crippen molar-refractivity contribution in [3.63, 3.8) is 0 Å². The van der Waals surface area contributed by atoms with Crippen LogP contribution in [0.1, 0.15) is 18.1 Å². The Labute approximate surface area is 159 Å². The Hall–Kier alpha value is -2.24. The lowest BCUT2D eigenvalue weighted by molar-refractivity contribution is -0.117. The average Bonchev–Trinajstić information content (AvgIpc) is 2.60. The van der Waals surface area contributed by atoms with Gasteiger partial charge in [0.1, 0.15) is 0 Å². The number of ether oxygens (including phenoxy) is 2. The van der Waals surface area contributed by atoms with Crippen molar-refractivity contribution in [3.8, 4) is 11.5 Å². The van der Waals surface area contributed by atoms with E-state index >= 15 is 0 Å². The van der Waals surface area contributed by atoms with E-state index in [1.54, 1.807) is 13.2 Å². The van der Waals surface area contributed by atoms with E-state index in [0.717, 1.165) is 22.6 Å². The first-order valence-corrected chi connectivity index (χ1v) is 8.85. The third-order valence-electron chi connectivity index (χ3n) is 3.94. The van der Waals surface area contributed by atoms with E-state index in [9.17, 15) is 4.79 Å². The highest BCUT2D eigenvalue weighted by Crippen LogP contribution is 2.28. The monoisotopic (exact) mass is 376 g/mol. The van der Waals surface area contributed by atoms with Gasteiger partial charge in [0.25, 0.3) is 0 Å². The van der Waals surface area contributed by atoms with Crippen molar-refractivity contribution in [2.75, 3.05) is 32.6 Å². The maximum absolute atomic E-state index is 12.3. The topological polar surface area (TPSA) is 50.8 Å². The maximum Gasteiger partial charge on any atom is 0.238 e. The third-order valence-corrected chi connectivity index (χ3v) is 4.35. The van der Waals surface area contributed by atoms with Crippen molar-refractivity contribution in [3.05, 3.63) is 52.5 Å². The number of hydrogen-bond donors (Lipinski definition) is 1. The molecule has 0 unspecified atom stereocenters. The van der Waals surface area contributed by atoms with Gasteiger partial charge in [-0.05, 0) is 56.3 Å². The van der Waals surface area contributed by atoms with Gasteiger partial charge >= 0.3 is 0 Å². The molecule has 5 nitrogen and oxygen atoms in total. The molecule has 6 heteroatoms. The lowest BCUT2D eigenvalue weighted by Crippen LogP contribution is -2.30. The number of rotatable bonds is 8. The average molecular weight is 377 g/mol. The molecule has 0 radical (unpaired) electrons. The Morgan fingerprint density at radius 3 is 2.69 bits per heavy atom. The Morgan fingerprint density at radius 1 is 1.23 bits per heavy atom. The molecule has 26 heavy (non-hydrogen) atoms. The van der Waals surface area contributed by atoms with Crippen LogP contribution in [-0.2, 0) is 11.3 Å². The number of carbonyl (C=O) groups is 1. The summed E-state index contributed by atoms with van der Waals surface area (Å²) in [6, 6.07) is 11.3. The Kier molecular flexibility index (Phi) is 7.30. The van der Waals surface area contributed by atoms with Crippen molar-refractivity contribution < 1.29 is 14.3 Å². The van der Waals surface area contributed by atoms with Gasteiger partial charge in [-0.15, -0.1) is 0 Å². The summed E-state index contributed by atoms with van der Waals surface area (Å²) in [5, 5.41) is 3.54. The molecule has 140 valence electrons. The van der Waals surface area contributed by atoms with Gasteiger partial charge < -0.3 is 14.8 Å². The van der Waals surface area contributed by atoms with Crippen LogP contribution in [-0.4, -0.2) is 38.1 Å². The van der Waals surface area contributed by atoms with Gasteiger partial charge in [-0.1, -0.05) is 23.7 Å². The van der Waals surface area contributed by atoms with Crippen molar-refractivity contribution in [2.45, 2.75) is 20.4 Å². The molecule has 2 aromatic rings. The second-order valence-electron chi connectivity index (χ2n) is 6.05. The summed E-state index contributed by atoms with van der Waals surface area (Å²) in [7, 11) is 3.51. The molecule has 0 fully saturated rings. The van der Waals surface area contributed by atoms with Crippen molar-refractivity contribution in [2.24, 2.45) is 0 Å². The van der Waals surface area contributed by atoms with Gasteiger partial charge in [-0.2, -0.15) is 0 Å². The molecule has 2 rings (SSSR count). The van der Waals surface area contributed by atoms with Gasteiger partial charge in [0.05, 0.1) is 20.3 Å². The number of hydrogen-bond acceptors (Lipinski definition) is 4. The van der Waals surface area contributed by atoms with Gasteiger partial charge in [0.15, 0.2) is 11.5 Å². The number of nitrogens with zero attached hydrogens (tertiary/aromatic N) is 1. The first-order chi connectivity index (χ1) is 12.4. The van der Waals surface area contributed by atoms with Crippen molar-refractivity contribution >= 4 is 23.2 Å². The molecule has 0 saturated heterocycles. The van der Waals surface area contributed by atoms with Crippen LogP contribution < -0.4 is 14.8 Å². The van der Waals surface area contributed by atoms with E-state index in [1.807, 2.05) is 56.1 Å². The SMILES string of the molecule is CCOc1ccc(CN(C)CC(=O)Nc2cccc(Cl)c2C)cc1OC. The van der Waals surface area contributed by atoms with E-state index < -0.39 is 0 Å². The predicted molar refractivity (Wildman–Crippen MR) is 105 cm³/mol. The zero-order valence-electron chi connectivity index (χ0n) is 15.6. The lowest BCUT2D eigenvalue weighted by atomic mass is 10.2. The molecule has 0 bridgehead atoms. The van der Waals surface area contributed by atoms with Crippen molar-refractivity contribution in [1.29, 1.82) is 0 Å². The molecule has 0 atom stereocenters. The smallest absolute Gasteiger partial charge is 0.238 e. The number of nitrogens with one attached hydrogen (secondary N) is 1. The third kappa shape index (κ3) is 5.38. The van der Waals surface area contributed by atoms with Crippen LogP contribution in [0.3, 0.4) is 0 Å². The van der Waals surface area contributed by atoms with Gasteiger partial charge in [0, 0.05) is 17.3 Å². The molecule has 0 heterocycles. The minimum atomic E-state index is -0.0873. The molecule has 0 aliphatic heterocycles. The Bertz CT molecular complexity index is 765. The summed E-state index contributed by atoms with van der Waals surface area (Å²) < 4.78 is 10.9. The minimum Gasteiger partial charge on any atom is -0.493 e. The molecule has 0 spiro atoms. The highest BCUT2D eigenvalue weighted by molar-refractivity contribution is 6.31. The summed E-state index contributed by atoms with van der Waals surface area (Å²) in [6.07, 6.45) is 0. The predicted octanol–water partition coefficient (Wildman–Crippen LogP) is 4.13. The van der Waals surface area contributed by atoms with Gasteiger partial charge in [0.2, 0.25) is 5.91 Å². The first kappa shape index (κ1) is 20.1. The molecule has 1 N–H and O–H groups in total. The molecule has 2 aromatic carbocycles. The molecule has 0 aromatic heterocycles. The van der Waals surface area contributed by atoms with Gasteiger partial charge in [-0.3, -0.25) is 9.69 Å². The minimum absolute atomic E-state index is 0.0873. The van der Waals surface area contributed by atoms with E-state index in [0.29, 0.717) is 23.9 Å².